The van der Waals surface area contributed by atoms with Crippen LogP contribution in [0.5, 0.6) is 0 Å². The van der Waals surface area contributed by atoms with E-state index in [1.807, 2.05) is 87.5 Å². The van der Waals surface area contributed by atoms with Gasteiger partial charge in [0.2, 0.25) is 0 Å². The zero-order valence-electron chi connectivity index (χ0n) is 23.8. The highest BCUT2D eigenvalue weighted by Crippen LogP contribution is 2.44. The number of fused-ring (bicyclic) bond motifs is 3. The first-order chi connectivity index (χ1) is 19.6. The number of hydrogen-bond acceptors (Lipinski definition) is 5. The first-order valence-corrected chi connectivity index (χ1v) is 14.0. The summed E-state index contributed by atoms with van der Waals surface area (Å²) in [6.07, 6.45) is 0.0378. The third kappa shape index (κ3) is 8.10. The van der Waals surface area contributed by atoms with Gasteiger partial charge >= 0.3 is 18.2 Å². The second-order valence-corrected chi connectivity index (χ2v) is 11.2. The Bertz CT molecular complexity index is 1310. The lowest BCUT2D eigenvalue weighted by molar-refractivity contribution is -0.139. The normalized spacial score (nSPS) is 13.0. The quantitative estimate of drug-likeness (QED) is 0.257. The predicted molar refractivity (Wildman–Crippen MR) is 157 cm³/mol. The van der Waals surface area contributed by atoms with E-state index in [4.69, 9.17) is 9.47 Å². The molecule has 0 unspecified atom stereocenters. The molecule has 41 heavy (non-hydrogen) atoms. The molecule has 1 atom stereocenters. The van der Waals surface area contributed by atoms with Gasteiger partial charge in [0, 0.05) is 19.0 Å². The number of carbonyl (C=O) groups is 3. The number of nitrogens with one attached hydrogen (secondary N) is 1. The molecule has 0 saturated carbocycles. The number of hydrogen-bond donors (Lipinski definition) is 2. The van der Waals surface area contributed by atoms with Crippen molar-refractivity contribution in [3.63, 3.8) is 0 Å². The lowest BCUT2D eigenvalue weighted by atomic mass is 9.98. The Morgan fingerprint density at radius 1 is 0.878 bits per heavy atom. The van der Waals surface area contributed by atoms with E-state index in [0.29, 0.717) is 25.9 Å². The minimum absolute atomic E-state index is 0.108. The van der Waals surface area contributed by atoms with E-state index < -0.39 is 29.8 Å². The third-order valence-corrected chi connectivity index (χ3v) is 6.97. The number of amides is 2. The van der Waals surface area contributed by atoms with Crippen LogP contribution in [0.3, 0.4) is 0 Å². The molecule has 0 radical (unpaired) electrons. The number of unbranched alkanes of at least 4 members (excludes halogenated alkanes) is 1. The van der Waals surface area contributed by atoms with Crippen molar-refractivity contribution in [2.75, 3.05) is 13.2 Å². The molecule has 8 heteroatoms. The van der Waals surface area contributed by atoms with Gasteiger partial charge in [0.05, 0.1) is 0 Å². The van der Waals surface area contributed by atoms with E-state index in [-0.39, 0.29) is 18.9 Å². The molecule has 0 aromatic heterocycles. The molecular weight excluding hydrogens is 520 g/mol. The Labute approximate surface area is 241 Å². The molecule has 216 valence electrons. The van der Waals surface area contributed by atoms with Crippen molar-refractivity contribution in [2.24, 2.45) is 0 Å². The van der Waals surface area contributed by atoms with Gasteiger partial charge in [-0.2, -0.15) is 0 Å². The van der Waals surface area contributed by atoms with Gasteiger partial charge in [-0.15, -0.1) is 0 Å². The Hall–Kier alpha value is -4.33. The molecule has 2 N–H and O–H groups in total. The number of rotatable bonds is 11. The zero-order valence-corrected chi connectivity index (χ0v) is 23.8. The molecule has 0 saturated heterocycles. The lowest BCUT2D eigenvalue weighted by Crippen LogP contribution is -2.41. The Balaban J connectivity index is 1.29. The SMILES string of the molecule is CC(C)(C)OC(=O)N(CCCC[C@@H](NC(=O)OCC1c2ccccc2-c2ccccc21)C(=O)O)Cc1ccccc1. The van der Waals surface area contributed by atoms with Crippen LogP contribution in [0, 0.1) is 0 Å². The largest absolute Gasteiger partial charge is 0.480 e. The first-order valence-electron chi connectivity index (χ1n) is 14.0. The van der Waals surface area contributed by atoms with Crippen LogP contribution in [-0.4, -0.2) is 53.0 Å². The van der Waals surface area contributed by atoms with Gasteiger partial charge in [-0.25, -0.2) is 14.4 Å². The van der Waals surface area contributed by atoms with Crippen LogP contribution < -0.4 is 5.32 Å². The molecule has 0 aliphatic heterocycles. The van der Waals surface area contributed by atoms with Crippen molar-refractivity contribution in [2.45, 2.75) is 64.1 Å². The van der Waals surface area contributed by atoms with Crippen LogP contribution >= 0.6 is 0 Å². The van der Waals surface area contributed by atoms with Gasteiger partial charge in [-0.3, -0.25) is 0 Å². The van der Waals surface area contributed by atoms with Gasteiger partial charge in [-0.05, 0) is 67.9 Å². The van der Waals surface area contributed by atoms with Crippen LogP contribution in [0.2, 0.25) is 0 Å². The van der Waals surface area contributed by atoms with E-state index in [9.17, 15) is 19.5 Å². The summed E-state index contributed by atoms with van der Waals surface area (Å²) in [6.45, 7) is 6.34. The van der Waals surface area contributed by atoms with Gasteiger partial charge < -0.3 is 24.8 Å². The average molecular weight is 559 g/mol. The molecule has 1 aliphatic carbocycles. The smallest absolute Gasteiger partial charge is 0.410 e. The summed E-state index contributed by atoms with van der Waals surface area (Å²) >= 11 is 0. The molecule has 3 aromatic carbocycles. The van der Waals surface area contributed by atoms with Crippen LogP contribution in [0.1, 0.15) is 62.6 Å². The number of carbonyl (C=O) groups excluding carboxylic acids is 2. The summed E-state index contributed by atoms with van der Waals surface area (Å²) in [7, 11) is 0. The number of nitrogens with zero attached hydrogens (tertiary/aromatic N) is 1. The van der Waals surface area contributed by atoms with Crippen molar-refractivity contribution in [1.82, 2.24) is 10.2 Å². The van der Waals surface area contributed by atoms with E-state index >= 15 is 0 Å². The first kappa shape index (κ1) is 29.6. The maximum Gasteiger partial charge on any atom is 0.410 e. The summed E-state index contributed by atoms with van der Waals surface area (Å²) in [4.78, 5) is 39.0. The second-order valence-electron chi connectivity index (χ2n) is 11.2. The fourth-order valence-corrected chi connectivity index (χ4v) is 5.06. The third-order valence-electron chi connectivity index (χ3n) is 6.97. The minimum atomic E-state index is -1.13. The number of alkyl carbamates (subject to hydrolysis) is 1. The number of carboxylic acids is 1. The van der Waals surface area contributed by atoms with Crippen molar-refractivity contribution in [3.8, 4) is 11.1 Å². The maximum absolute atomic E-state index is 12.8. The molecule has 8 nitrogen and oxygen atoms in total. The monoisotopic (exact) mass is 558 g/mol. The van der Waals surface area contributed by atoms with Crippen LogP contribution in [-0.2, 0) is 20.8 Å². The predicted octanol–water partition coefficient (Wildman–Crippen LogP) is 6.59. The topological polar surface area (TPSA) is 105 Å². The summed E-state index contributed by atoms with van der Waals surface area (Å²) in [6, 6.07) is 24.6. The zero-order chi connectivity index (χ0) is 29.4. The van der Waals surface area contributed by atoms with Gasteiger partial charge in [0.15, 0.2) is 0 Å². The Morgan fingerprint density at radius 2 is 1.46 bits per heavy atom. The molecular formula is C33H38N2O6. The van der Waals surface area contributed by atoms with Gasteiger partial charge in [0.25, 0.3) is 0 Å². The Morgan fingerprint density at radius 3 is 2.05 bits per heavy atom. The maximum atomic E-state index is 12.8. The van der Waals surface area contributed by atoms with Crippen molar-refractivity contribution in [1.29, 1.82) is 0 Å². The van der Waals surface area contributed by atoms with Crippen molar-refractivity contribution >= 4 is 18.2 Å². The van der Waals surface area contributed by atoms with Crippen LogP contribution in [0.25, 0.3) is 11.1 Å². The summed E-state index contributed by atoms with van der Waals surface area (Å²) in [5.41, 5.74) is 4.75. The van der Waals surface area contributed by atoms with Crippen LogP contribution in [0.15, 0.2) is 78.9 Å². The van der Waals surface area contributed by atoms with Crippen molar-refractivity contribution in [3.05, 3.63) is 95.6 Å². The van der Waals surface area contributed by atoms with Crippen molar-refractivity contribution < 1.29 is 29.0 Å². The fraction of sp³-hybridized carbons (Fsp3) is 0.364. The van der Waals surface area contributed by atoms with Crippen LogP contribution in [0.4, 0.5) is 9.59 Å². The number of benzene rings is 3. The van der Waals surface area contributed by atoms with E-state index in [1.54, 1.807) is 4.90 Å². The molecule has 4 rings (SSSR count). The van der Waals surface area contributed by atoms with E-state index in [1.165, 1.54) is 0 Å². The summed E-state index contributed by atoms with van der Waals surface area (Å²) in [5, 5.41) is 12.2. The van der Waals surface area contributed by atoms with Gasteiger partial charge in [0.1, 0.15) is 18.2 Å². The molecule has 0 heterocycles. The fourth-order valence-electron chi connectivity index (χ4n) is 5.06. The highest BCUT2D eigenvalue weighted by molar-refractivity contribution is 5.81. The number of carboxylic acid groups (broad SMARTS) is 1. The number of aliphatic carboxylic acids is 1. The molecule has 0 bridgehead atoms. The average Bonchev–Trinajstić information content (AvgIpc) is 3.26. The molecule has 2 amide bonds. The molecule has 1 aliphatic rings. The Kier molecular flexibility index (Phi) is 9.65. The summed E-state index contributed by atoms with van der Waals surface area (Å²) < 4.78 is 11.1. The highest BCUT2D eigenvalue weighted by atomic mass is 16.6. The molecule has 3 aromatic rings. The van der Waals surface area contributed by atoms with E-state index in [0.717, 1.165) is 27.8 Å². The molecule has 0 spiro atoms. The highest BCUT2D eigenvalue weighted by Gasteiger charge is 2.30. The lowest BCUT2D eigenvalue weighted by Gasteiger charge is -2.27. The standard InChI is InChI=1S/C33H38N2O6/c1-33(2,3)41-32(39)35(21-23-13-5-4-6-14-23)20-12-11-19-29(30(36)37)34-31(38)40-22-28-26-17-9-7-15-24(26)25-16-8-10-18-27(25)28/h4-10,13-18,28-29H,11-12,19-22H2,1-3H3,(H,34,38)(H,36,37)/t29-/m1/s1. The minimum Gasteiger partial charge on any atom is -0.480 e. The number of ether oxygens (including phenoxy) is 2. The molecule has 0 fully saturated rings. The van der Waals surface area contributed by atoms with Gasteiger partial charge in [-0.1, -0.05) is 78.9 Å². The second kappa shape index (κ2) is 13.4. The summed E-state index contributed by atoms with van der Waals surface area (Å²) in [5.74, 6) is -1.24. The van der Waals surface area contributed by atoms with E-state index in [2.05, 4.69) is 17.4 Å².